The van der Waals surface area contributed by atoms with Gasteiger partial charge in [0.25, 0.3) is 0 Å². The highest BCUT2D eigenvalue weighted by molar-refractivity contribution is 5.29. The molecule has 23 heavy (non-hydrogen) atoms. The molecule has 0 heterocycles. The highest BCUT2D eigenvalue weighted by Gasteiger charge is 2.09. The van der Waals surface area contributed by atoms with Gasteiger partial charge in [-0.2, -0.15) is 0 Å². The van der Waals surface area contributed by atoms with Gasteiger partial charge in [-0.3, -0.25) is 0 Å². The summed E-state index contributed by atoms with van der Waals surface area (Å²) in [6.07, 6.45) is 0.338. The number of aliphatic hydroxyl groups is 1. The van der Waals surface area contributed by atoms with Crippen molar-refractivity contribution in [1.29, 1.82) is 0 Å². The molecular formula is C20H27NO2. The Morgan fingerprint density at radius 2 is 1.61 bits per heavy atom. The number of hydrogen-bond acceptors (Lipinski definition) is 3. The van der Waals surface area contributed by atoms with E-state index in [0.29, 0.717) is 6.61 Å². The van der Waals surface area contributed by atoms with Crippen molar-refractivity contribution < 1.29 is 9.84 Å². The van der Waals surface area contributed by atoms with Crippen LogP contribution in [0.3, 0.4) is 0 Å². The van der Waals surface area contributed by atoms with Crippen LogP contribution in [0.2, 0.25) is 0 Å². The molecule has 0 saturated heterocycles. The Kier molecular flexibility index (Phi) is 7.11. The average Bonchev–Trinajstić information content (AvgIpc) is 2.62. The first-order valence-corrected chi connectivity index (χ1v) is 8.40. The van der Waals surface area contributed by atoms with Crippen LogP contribution < -0.4 is 4.74 Å². The van der Waals surface area contributed by atoms with E-state index in [4.69, 9.17) is 4.74 Å². The number of benzene rings is 2. The van der Waals surface area contributed by atoms with E-state index in [1.807, 2.05) is 54.6 Å². The molecule has 3 nitrogen and oxygen atoms in total. The number of rotatable bonds is 9. The molecule has 2 aromatic rings. The topological polar surface area (TPSA) is 32.7 Å². The lowest BCUT2D eigenvalue weighted by Crippen LogP contribution is -2.25. The molecule has 0 aliphatic heterocycles. The molecule has 0 aliphatic rings. The van der Waals surface area contributed by atoms with E-state index >= 15 is 0 Å². The zero-order chi connectivity index (χ0) is 16.5. The smallest absolute Gasteiger partial charge is 0.119 e. The molecule has 0 aliphatic carbocycles. The van der Waals surface area contributed by atoms with Crippen LogP contribution >= 0.6 is 0 Å². The van der Waals surface area contributed by atoms with Crippen molar-refractivity contribution in [1.82, 2.24) is 4.90 Å². The molecule has 3 heteroatoms. The van der Waals surface area contributed by atoms with Gasteiger partial charge in [-0.05, 0) is 42.8 Å². The number of ether oxygens (including phenoxy) is 1. The molecule has 0 aromatic heterocycles. The zero-order valence-corrected chi connectivity index (χ0v) is 14.1. The van der Waals surface area contributed by atoms with Crippen LogP contribution in [0.4, 0.5) is 0 Å². The van der Waals surface area contributed by atoms with E-state index < -0.39 is 6.10 Å². The first kappa shape index (κ1) is 17.5. The van der Waals surface area contributed by atoms with Crippen molar-refractivity contribution in [2.75, 3.05) is 19.6 Å². The summed E-state index contributed by atoms with van der Waals surface area (Å²) in [6, 6.07) is 17.9. The second-order valence-electron chi connectivity index (χ2n) is 5.67. The molecule has 124 valence electrons. The summed E-state index contributed by atoms with van der Waals surface area (Å²) in [7, 11) is 0. The third-order valence-corrected chi connectivity index (χ3v) is 4.13. The van der Waals surface area contributed by atoms with Crippen molar-refractivity contribution >= 4 is 0 Å². The molecule has 0 fully saturated rings. The number of hydrogen-bond donors (Lipinski definition) is 1. The molecular weight excluding hydrogens is 286 g/mol. The highest BCUT2D eigenvalue weighted by atomic mass is 16.5. The van der Waals surface area contributed by atoms with Crippen LogP contribution in [0, 0.1) is 0 Å². The van der Waals surface area contributed by atoms with Gasteiger partial charge in [0, 0.05) is 6.54 Å². The Balaban J connectivity index is 1.83. The Bertz CT molecular complexity index is 550. The van der Waals surface area contributed by atoms with E-state index in [1.165, 1.54) is 0 Å². The Morgan fingerprint density at radius 1 is 0.957 bits per heavy atom. The molecule has 2 rings (SSSR count). The van der Waals surface area contributed by atoms with Gasteiger partial charge in [0.15, 0.2) is 0 Å². The lowest BCUT2D eigenvalue weighted by Gasteiger charge is -2.20. The second-order valence-corrected chi connectivity index (χ2v) is 5.67. The third kappa shape index (κ3) is 5.70. The van der Waals surface area contributed by atoms with E-state index in [0.717, 1.165) is 42.9 Å². The van der Waals surface area contributed by atoms with Gasteiger partial charge in [-0.15, -0.1) is 0 Å². The largest absolute Gasteiger partial charge is 0.489 e. The summed E-state index contributed by atoms with van der Waals surface area (Å²) in [4.78, 5) is 2.32. The second kappa shape index (κ2) is 9.33. The zero-order valence-electron chi connectivity index (χ0n) is 14.1. The molecule has 2 aromatic carbocycles. The van der Waals surface area contributed by atoms with Crippen molar-refractivity contribution in [2.45, 2.75) is 33.0 Å². The monoisotopic (exact) mass is 313 g/mol. The van der Waals surface area contributed by atoms with Crippen molar-refractivity contribution in [3.05, 3.63) is 65.7 Å². The fourth-order valence-corrected chi connectivity index (χ4v) is 2.54. The van der Waals surface area contributed by atoms with E-state index in [9.17, 15) is 5.11 Å². The third-order valence-electron chi connectivity index (χ3n) is 4.13. The first-order valence-electron chi connectivity index (χ1n) is 8.40. The van der Waals surface area contributed by atoms with Crippen LogP contribution in [0.15, 0.2) is 54.6 Å². The Hall–Kier alpha value is -1.84. The van der Waals surface area contributed by atoms with Crippen LogP contribution in [0.25, 0.3) is 0 Å². The van der Waals surface area contributed by atoms with Gasteiger partial charge in [-0.1, -0.05) is 56.3 Å². The maximum atomic E-state index is 10.3. The van der Waals surface area contributed by atoms with Crippen molar-refractivity contribution in [3.8, 4) is 5.75 Å². The molecule has 1 atom stereocenters. The SMILES string of the molecule is CCN(CC)CCC(O)c1ccc(OCc2ccccc2)cc1. The summed E-state index contributed by atoms with van der Waals surface area (Å²) in [5.74, 6) is 0.827. The molecule has 0 bridgehead atoms. The minimum atomic E-state index is -0.418. The number of nitrogens with zero attached hydrogens (tertiary/aromatic N) is 1. The lowest BCUT2D eigenvalue weighted by molar-refractivity contribution is 0.145. The van der Waals surface area contributed by atoms with E-state index in [-0.39, 0.29) is 0 Å². The summed E-state index contributed by atoms with van der Waals surface area (Å²) in [5, 5.41) is 10.3. The van der Waals surface area contributed by atoms with Crippen LogP contribution in [0.1, 0.15) is 37.5 Å². The minimum absolute atomic E-state index is 0.418. The van der Waals surface area contributed by atoms with Crippen LogP contribution in [0.5, 0.6) is 5.75 Å². The number of aliphatic hydroxyl groups excluding tert-OH is 1. The molecule has 1 unspecified atom stereocenters. The maximum Gasteiger partial charge on any atom is 0.119 e. The molecule has 1 N–H and O–H groups in total. The minimum Gasteiger partial charge on any atom is -0.489 e. The fourth-order valence-electron chi connectivity index (χ4n) is 2.54. The van der Waals surface area contributed by atoms with Gasteiger partial charge in [0.1, 0.15) is 12.4 Å². The Labute approximate surface area is 139 Å². The highest BCUT2D eigenvalue weighted by Crippen LogP contribution is 2.21. The van der Waals surface area contributed by atoms with Crippen LogP contribution in [-0.2, 0) is 6.61 Å². The van der Waals surface area contributed by atoms with Gasteiger partial charge in [0.2, 0.25) is 0 Å². The molecule has 0 radical (unpaired) electrons. The van der Waals surface area contributed by atoms with E-state index in [1.54, 1.807) is 0 Å². The quantitative estimate of drug-likeness (QED) is 0.758. The molecule has 0 amide bonds. The predicted octanol–water partition coefficient (Wildman–Crippen LogP) is 4.03. The summed E-state index contributed by atoms with van der Waals surface area (Å²) in [5.41, 5.74) is 2.10. The summed E-state index contributed by atoms with van der Waals surface area (Å²) >= 11 is 0. The normalized spacial score (nSPS) is 12.3. The standard InChI is InChI=1S/C20H27NO2/c1-3-21(4-2)15-14-20(22)18-10-12-19(13-11-18)23-16-17-8-6-5-7-9-17/h5-13,20,22H,3-4,14-16H2,1-2H3. The molecule has 0 spiro atoms. The van der Waals surface area contributed by atoms with Crippen LogP contribution in [-0.4, -0.2) is 29.6 Å². The fraction of sp³-hybridized carbons (Fsp3) is 0.400. The lowest BCUT2D eigenvalue weighted by atomic mass is 10.1. The van der Waals surface area contributed by atoms with Gasteiger partial charge in [0.05, 0.1) is 6.10 Å². The maximum absolute atomic E-state index is 10.3. The summed E-state index contributed by atoms with van der Waals surface area (Å²) in [6.45, 7) is 7.82. The van der Waals surface area contributed by atoms with Crippen molar-refractivity contribution in [2.24, 2.45) is 0 Å². The molecule has 0 saturated carbocycles. The average molecular weight is 313 g/mol. The first-order chi connectivity index (χ1) is 11.2. The van der Waals surface area contributed by atoms with Crippen molar-refractivity contribution in [3.63, 3.8) is 0 Å². The predicted molar refractivity (Wildman–Crippen MR) is 94.6 cm³/mol. The van der Waals surface area contributed by atoms with Gasteiger partial charge < -0.3 is 14.7 Å². The van der Waals surface area contributed by atoms with E-state index in [2.05, 4.69) is 18.7 Å². The summed E-state index contributed by atoms with van der Waals surface area (Å²) < 4.78 is 5.77. The Morgan fingerprint density at radius 3 is 2.22 bits per heavy atom. The van der Waals surface area contributed by atoms with Gasteiger partial charge in [-0.25, -0.2) is 0 Å². The van der Waals surface area contributed by atoms with Gasteiger partial charge >= 0.3 is 0 Å².